The van der Waals surface area contributed by atoms with Gasteiger partial charge in [-0.3, -0.25) is 10.1 Å². The van der Waals surface area contributed by atoms with Crippen LogP contribution in [0.5, 0.6) is 0 Å². The lowest BCUT2D eigenvalue weighted by Crippen LogP contribution is -1.99. The monoisotopic (exact) mass is 288 g/mol. The predicted molar refractivity (Wildman–Crippen MR) is 77.5 cm³/mol. The number of fused-ring (bicyclic) bond motifs is 1. The highest BCUT2D eigenvalue weighted by atomic mass is 35.5. The Labute approximate surface area is 118 Å². The summed E-state index contributed by atoms with van der Waals surface area (Å²) in [5, 5.41) is 15.1. The van der Waals surface area contributed by atoms with Crippen LogP contribution in [0.2, 0.25) is 5.15 Å². The van der Waals surface area contributed by atoms with Gasteiger partial charge in [-0.15, -0.1) is 0 Å². The Morgan fingerprint density at radius 1 is 1.25 bits per heavy atom. The van der Waals surface area contributed by atoms with Crippen LogP contribution in [0.15, 0.2) is 42.6 Å². The summed E-state index contributed by atoms with van der Waals surface area (Å²) in [6.07, 6.45) is 1.83. The molecular weight excluding hydrogens is 280 g/mol. The molecule has 0 saturated heterocycles. The minimum absolute atomic E-state index is 0.122. The molecule has 0 aliphatic heterocycles. The molecule has 2 aromatic heterocycles. The molecule has 0 unspecified atom stereocenters. The molecule has 0 fully saturated rings. The number of pyridine rings is 1. The molecule has 0 atom stereocenters. The molecule has 3 rings (SSSR count). The van der Waals surface area contributed by atoms with Crippen LogP contribution in [0, 0.1) is 10.1 Å². The number of aromatic amines is 1. The number of hydrogen-bond acceptors (Lipinski definition) is 4. The maximum atomic E-state index is 11.0. The van der Waals surface area contributed by atoms with Gasteiger partial charge in [0.1, 0.15) is 5.15 Å². The molecule has 6 nitrogen and oxygen atoms in total. The Morgan fingerprint density at radius 2 is 2.10 bits per heavy atom. The van der Waals surface area contributed by atoms with E-state index in [9.17, 15) is 10.1 Å². The minimum Gasteiger partial charge on any atom is -0.361 e. The number of nitro groups is 1. The molecule has 0 spiro atoms. The molecule has 3 aromatic rings. The molecule has 20 heavy (non-hydrogen) atoms. The van der Waals surface area contributed by atoms with Gasteiger partial charge in [0.05, 0.1) is 4.92 Å². The Morgan fingerprint density at radius 3 is 2.90 bits per heavy atom. The van der Waals surface area contributed by atoms with Gasteiger partial charge in [0.15, 0.2) is 0 Å². The predicted octanol–water partition coefficient (Wildman–Crippen LogP) is 3.87. The number of nitrogens with zero attached hydrogens (tertiary/aromatic N) is 2. The van der Waals surface area contributed by atoms with E-state index in [1.54, 1.807) is 0 Å². The fourth-order valence-corrected chi connectivity index (χ4v) is 2.08. The van der Waals surface area contributed by atoms with Crippen molar-refractivity contribution in [3.63, 3.8) is 0 Å². The van der Waals surface area contributed by atoms with Crippen LogP contribution in [-0.4, -0.2) is 14.9 Å². The van der Waals surface area contributed by atoms with Gasteiger partial charge in [0, 0.05) is 28.9 Å². The van der Waals surface area contributed by atoms with Crippen molar-refractivity contribution in [2.24, 2.45) is 0 Å². The van der Waals surface area contributed by atoms with E-state index in [0.717, 1.165) is 10.9 Å². The Kier molecular flexibility index (Phi) is 3.00. The van der Waals surface area contributed by atoms with Crippen molar-refractivity contribution in [3.05, 3.63) is 57.9 Å². The molecule has 0 amide bonds. The van der Waals surface area contributed by atoms with E-state index in [1.807, 2.05) is 30.5 Å². The molecule has 2 N–H and O–H groups in total. The summed E-state index contributed by atoms with van der Waals surface area (Å²) >= 11 is 5.79. The third kappa shape index (κ3) is 2.28. The number of anilines is 2. The fraction of sp³-hybridized carbons (Fsp3) is 0. The molecule has 0 bridgehead atoms. The van der Waals surface area contributed by atoms with E-state index in [0.29, 0.717) is 5.69 Å². The normalized spacial score (nSPS) is 10.7. The Bertz CT molecular complexity index is 800. The number of H-pyrrole nitrogens is 1. The van der Waals surface area contributed by atoms with Crippen LogP contribution in [0.1, 0.15) is 0 Å². The van der Waals surface area contributed by atoms with E-state index in [1.165, 1.54) is 12.1 Å². The number of benzene rings is 1. The van der Waals surface area contributed by atoms with Crippen molar-refractivity contribution in [3.8, 4) is 0 Å². The third-order valence-corrected chi connectivity index (χ3v) is 3.06. The molecule has 1 aromatic carbocycles. The first-order valence-corrected chi connectivity index (χ1v) is 6.16. The minimum atomic E-state index is -0.500. The maximum Gasteiger partial charge on any atom is 0.311 e. The standard InChI is InChI=1S/C13H9ClN4O2/c14-12-4-3-11(18(19)20)13(17-12)16-9-1-2-10-8(7-9)5-6-15-10/h1-7,15H,(H,16,17). The first kappa shape index (κ1) is 12.4. The Hall–Kier alpha value is -2.60. The average molecular weight is 289 g/mol. The van der Waals surface area contributed by atoms with Crippen LogP contribution in [0.25, 0.3) is 10.9 Å². The first-order valence-electron chi connectivity index (χ1n) is 5.78. The van der Waals surface area contributed by atoms with Gasteiger partial charge in [0.2, 0.25) is 5.82 Å². The lowest BCUT2D eigenvalue weighted by molar-refractivity contribution is -0.384. The van der Waals surface area contributed by atoms with Crippen LogP contribution in [-0.2, 0) is 0 Å². The maximum absolute atomic E-state index is 11.0. The molecule has 7 heteroatoms. The summed E-state index contributed by atoms with van der Waals surface area (Å²) in [6, 6.07) is 10.2. The van der Waals surface area contributed by atoms with Crippen LogP contribution in [0.4, 0.5) is 17.2 Å². The highest BCUT2D eigenvalue weighted by Crippen LogP contribution is 2.28. The van der Waals surface area contributed by atoms with Crippen molar-refractivity contribution >= 4 is 39.7 Å². The third-order valence-electron chi connectivity index (χ3n) is 2.85. The van der Waals surface area contributed by atoms with Gasteiger partial charge in [0.25, 0.3) is 0 Å². The van der Waals surface area contributed by atoms with Crippen LogP contribution < -0.4 is 5.32 Å². The second-order valence-electron chi connectivity index (χ2n) is 4.16. The highest BCUT2D eigenvalue weighted by molar-refractivity contribution is 6.29. The van der Waals surface area contributed by atoms with Crippen LogP contribution >= 0.6 is 11.6 Å². The molecule has 0 saturated carbocycles. The number of aromatic nitrogens is 2. The van der Waals surface area contributed by atoms with Gasteiger partial charge in [-0.25, -0.2) is 4.98 Å². The lowest BCUT2D eigenvalue weighted by atomic mass is 10.2. The second-order valence-corrected chi connectivity index (χ2v) is 4.55. The number of nitrogens with one attached hydrogen (secondary N) is 2. The van der Waals surface area contributed by atoms with Crippen LogP contribution in [0.3, 0.4) is 0 Å². The summed E-state index contributed by atoms with van der Waals surface area (Å²) in [4.78, 5) is 17.5. The smallest absolute Gasteiger partial charge is 0.311 e. The highest BCUT2D eigenvalue weighted by Gasteiger charge is 2.16. The van der Waals surface area contributed by atoms with Crippen molar-refractivity contribution in [2.45, 2.75) is 0 Å². The zero-order chi connectivity index (χ0) is 14.1. The summed E-state index contributed by atoms with van der Waals surface area (Å²) in [6.45, 7) is 0. The van der Waals surface area contributed by atoms with Crippen molar-refractivity contribution in [1.29, 1.82) is 0 Å². The van der Waals surface area contributed by atoms with E-state index in [-0.39, 0.29) is 16.7 Å². The molecule has 0 aliphatic rings. The molecular formula is C13H9ClN4O2. The lowest BCUT2D eigenvalue weighted by Gasteiger charge is -2.06. The number of halogens is 1. The fourth-order valence-electron chi connectivity index (χ4n) is 1.94. The van der Waals surface area contributed by atoms with Crippen molar-refractivity contribution < 1.29 is 4.92 Å². The quantitative estimate of drug-likeness (QED) is 0.435. The van der Waals surface area contributed by atoms with E-state index < -0.39 is 4.92 Å². The molecule has 0 radical (unpaired) electrons. The van der Waals surface area contributed by atoms with Crippen molar-refractivity contribution in [1.82, 2.24) is 9.97 Å². The van der Waals surface area contributed by atoms with Gasteiger partial charge in [-0.05, 0) is 30.3 Å². The van der Waals surface area contributed by atoms with E-state index in [4.69, 9.17) is 11.6 Å². The second kappa shape index (κ2) is 4.82. The molecule has 2 heterocycles. The zero-order valence-electron chi connectivity index (χ0n) is 10.1. The SMILES string of the molecule is O=[N+]([O-])c1ccc(Cl)nc1Nc1ccc2[nH]ccc2c1. The number of rotatable bonds is 3. The topological polar surface area (TPSA) is 83.8 Å². The average Bonchev–Trinajstić information content (AvgIpc) is 2.85. The van der Waals surface area contributed by atoms with Gasteiger partial charge >= 0.3 is 5.69 Å². The summed E-state index contributed by atoms with van der Waals surface area (Å²) < 4.78 is 0. The van der Waals surface area contributed by atoms with Gasteiger partial charge in [-0.2, -0.15) is 0 Å². The summed E-state index contributed by atoms with van der Waals surface area (Å²) in [5.41, 5.74) is 1.57. The molecule has 100 valence electrons. The summed E-state index contributed by atoms with van der Waals surface area (Å²) in [5.74, 6) is 0.123. The van der Waals surface area contributed by atoms with E-state index >= 15 is 0 Å². The summed E-state index contributed by atoms with van der Waals surface area (Å²) in [7, 11) is 0. The number of hydrogen-bond donors (Lipinski definition) is 2. The Balaban J connectivity index is 2.01. The van der Waals surface area contributed by atoms with Gasteiger partial charge < -0.3 is 10.3 Å². The van der Waals surface area contributed by atoms with E-state index in [2.05, 4.69) is 15.3 Å². The zero-order valence-corrected chi connectivity index (χ0v) is 10.9. The van der Waals surface area contributed by atoms with Gasteiger partial charge in [-0.1, -0.05) is 11.6 Å². The van der Waals surface area contributed by atoms with Crippen molar-refractivity contribution in [2.75, 3.05) is 5.32 Å². The first-order chi connectivity index (χ1) is 9.63. The molecule has 0 aliphatic carbocycles. The largest absolute Gasteiger partial charge is 0.361 e.